The normalized spacial score (nSPS) is 30.7. The van der Waals surface area contributed by atoms with Crippen LogP contribution in [0.4, 0.5) is 5.69 Å². The van der Waals surface area contributed by atoms with Crippen molar-refractivity contribution in [3.63, 3.8) is 0 Å². The van der Waals surface area contributed by atoms with Crippen molar-refractivity contribution in [3.8, 4) is 5.75 Å². The molecule has 0 spiro atoms. The maximum absolute atomic E-state index is 13.6. The Morgan fingerprint density at radius 1 is 0.962 bits per heavy atom. The molecule has 2 bridgehead atoms. The van der Waals surface area contributed by atoms with Gasteiger partial charge in [-0.3, -0.25) is 14.6 Å². The molecule has 1 amide bonds. The van der Waals surface area contributed by atoms with E-state index in [4.69, 9.17) is 25.8 Å². The molecule has 1 N–H and O–H groups in total. The number of hydrogen-bond acceptors (Lipinski definition) is 9. The standard InChI is InChI=1S/C41H59ClN4O6S/c1-4-52-41(28-44-18-20-45(21-19-44)36-26-50-27-36)16-7-8-29(2)30(3)53(48,49)43-40(47)32-12-15-39-38(23-32)46(24-33-11-14-37(33)41)17-6-5-9-31-22-35(42)13-10-34(31)25-51-39/h10,12-13,15,22-23,29-30,33,36-37H,4-9,11,14,16-21,24-28H2,1-3H3,(H,43,47)/t29-,30+,33-,37?,41-/m0/s1. The molecular weight excluding hydrogens is 712 g/mol. The second kappa shape index (κ2) is 16.8. The van der Waals surface area contributed by atoms with Crippen molar-refractivity contribution in [2.45, 2.75) is 95.6 Å². The molecule has 7 rings (SSSR count). The predicted octanol–water partition coefficient (Wildman–Crippen LogP) is 6.15. The van der Waals surface area contributed by atoms with Gasteiger partial charge in [-0.15, -0.1) is 0 Å². The van der Waals surface area contributed by atoms with E-state index in [-0.39, 0.29) is 11.5 Å². The molecule has 4 aliphatic heterocycles. The first-order valence-electron chi connectivity index (χ1n) is 20.1. The van der Waals surface area contributed by atoms with Gasteiger partial charge in [0.2, 0.25) is 10.0 Å². The van der Waals surface area contributed by atoms with Crippen LogP contribution >= 0.6 is 11.6 Å². The summed E-state index contributed by atoms with van der Waals surface area (Å²) in [6.07, 6.45) is 7.58. The zero-order chi connectivity index (χ0) is 37.2. The fourth-order valence-electron chi connectivity index (χ4n) is 9.38. The molecule has 12 heteroatoms. The number of nitrogens with one attached hydrogen (secondary N) is 1. The van der Waals surface area contributed by atoms with Gasteiger partial charge < -0.3 is 19.1 Å². The lowest BCUT2D eigenvalue weighted by Gasteiger charge is -2.54. The highest BCUT2D eigenvalue weighted by atomic mass is 35.5. The fourth-order valence-corrected chi connectivity index (χ4v) is 10.9. The maximum Gasteiger partial charge on any atom is 0.264 e. The van der Waals surface area contributed by atoms with Crippen LogP contribution in [0, 0.1) is 17.8 Å². The molecule has 2 aromatic rings. The first-order chi connectivity index (χ1) is 25.5. The van der Waals surface area contributed by atoms with Crippen molar-refractivity contribution in [3.05, 3.63) is 58.1 Å². The van der Waals surface area contributed by atoms with Crippen LogP contribution in [0.1, 0.15) is 87.2 Å². The topological polar surface area (TPSA) is 101 Å². The van der Waals surface area contributed by atoms with E-state index in [0.29, 0.717) is 42.4 Å². The number of benzene rings is 2. The molecule has 4 heterocycles. The third kappa shape index (κ3) is 8.70. The highest BCUT2D eigenvalue weighted by Crippen LogP contribution is 2.48. The van der Waals surface area contributed by atoms with E-state index >= 15 is 0 Å². The highest BCUT2D eigenvalue weighted by molar-refractivity contribution is 7.90. The van der Waals surface area contributed by atoms with Crippen LogP contribution in [0.25, 0.3) is 0 Å². The van der Waals surface area contributed by atoms with E-state index in [1.54, 1.807) is 13.0 Å². The minimum Gasteiger partial charge on any atom is -0.487 e. The molecule has 10 nitrogen and oxygen atoms in total. The van der Waals surface area contributed by atoms with Crippen LogP contribution in [-0.2, 0) is 32.5 Å². The van der Waals surface area contributed by atoms with Crippen LogP contribution in [0.15, 0.2) is 36.4 Å². The predicted molar refractivity (Wildman–Crippen MR) is 209 cm³/mol. The summed E-state index contributed by atoms with van der Waals surface area (Å²) in [6, 6.07) is 11.9. The SMILES string of the molecule is CCO[C@]1(CN2CCN(C3COC3)CC2)CCC[C@H](C)[C@@H](C)S(=O)(=O)NC(=O)c2ccc3c(c2)N(CCCCc2cc(Cl)ccc2CO3)C[C@@H]2CCC21. The number of piperazine rings is 1. The Balaban J connectivity index is 1.23. The Morgan fingerprint density at radius 2 is 1.77 bits per heavy atom. The second-order valence-electron chi connectivity index (χ2n) is 16.3. The Labute approximate surface area is 321 Å². The van der Waals surface area contributed by atoms with Gasteiger partial charge in [0.15, 0.2) is 0 Å². The second-order valence-corrected chi connectivity index (χ2v) is 18.8. The number of sulfonamides is 1. The minimum atomic E-state index is -3.92. The van der Waals surface area contributed by atoms with Crippen molar-refractivity contribution in [2.24, 2.45) is 17.8 Å². The van der Waals surface area contributed by atoms with Gasteiger partial charge in [-0.1, -0.05) is 31.0 Å². The fraction of sp³-hybridized carbons (Fsp3) is 0.683. The number of anilines is 1. The Hall–Kier alpha value is -2.41. The summed E-state index contributed by atoms with van der Waals surface area (Å²) in [6.45, 7) is 15.2. The third-order valence-electron chi connectivity index (χ3n) is 13.0. The summed E-state index contributed by atoms with van der Waals surface area (Å²) in [5, 5.41) is -0.00260. The molecule has 5 atom stereocenters. The molecule has 2 aromatic carbocycles. The third-order valence-corrected chi connectivity index (χ3v) is 15.2. The molecule has 1 aliphatic carbocycles. The highest BCUT2D eigenvalue weighted by Gasteiger charge is 2.50. The summed E-state index contributed by atoms with van der Waals surface area (Å²) in [5.41, 5.74) is 3.12. The number of amides is 1. The monoisotopic (exact) mass is 770 g/mol. The van der Waals surface area contributed by atoms with Crippen molar-refractivity contribution in [1.29, 1.82) is 0 Å². The summed E-state index contributed by atoms with van der Waals surface area (Å²) in [4.78, 5) is 21.3. The van der Waals surface area contributed by atoms with Gasteiger partial charge in [-0.25, -0.2) is 13.1 Å². The summed E-state index contributed by atoms with van der Waals surface area (Å²) in [7, 11) is -3.92. The molecule has 2 saturated heterocycles. The Morgan fingerprint density at radius 3 is 2.49 bits per heavy atom. The average molecular weight is 771 g/mol. The van der Waals surface area contributed by atoms with Crippen LogP contribution < -0.4 is 14.4 Å². The molecule has 0 radical (unpaired) electrons. The van der Waals surface area contributed by atoms with Gasteiger partial charge in [0.05, 0.1) is 35.8 Å². The van der Waals surface area contributed by atoms with Gasteiger partial charge in [0.25, 0.3) is 5.91 Å². The average Bonchev–Trinajstić information content (AvgIpc) is 3.12. The number of hydrogen-bond donors (Lipinski definition) is 1. The van der Waals surface area contributed by atoms with Crippen molar-refractivity contribution in [2.75, 3.05) is 70.5 Å². The van der Waals surface area contributed by atoms with E-state index < -0.39 is 21.2 Å². The number of carbonyl (C=O) groups excluding carboxylic acids is 1. The van der Waals surface area contributed by atoms with Gasteiger partial charge in [0, 0.05) is 63.0 Å². The van der Waals surface area contributed by atoms with Crippen LogP contribution in [0.2, 0.25) is 5.02 Å². The molecular formula is C41H59ClN4O6S. The Bertz CT molecular complexity index is 1700. The van der Waals surface area contributed by atoms with Crippen molar-refractivity contribution in [1.82, 2.24) is 14.5 Å². The Kier molecular flexibility index (Phi) is 12.3. The molecule has 53 heavy (non-hydrogen) atoms. The number of rotatable bonds is 5. The van der Waals surface area contributed by atoms with Gasteiger partial charge in [-0.2, -0.15) is 0 Å². The van der Waals surface area contributed by atoms with E-state index in [1.165, 1.54) is 5.56 Å². The van der Waals surface area contributed by atoms with Crippen molar-refractivity contribution >= 4 is 33.2 Å². The van der Waals surface area contributed by atoms with E-state index in [0.717, 1.165) is 127 Å². The zero-order valence-electron chi connectivity index (χ0n) is 31.9. The minimum absolute atomic E-state index is 0.132. The first kappa shape index (κ1) is 38.8. The largest absolute Gasteiger partial charge is 0.487 e. The first-order valence-corrected chi connectivity index (χ1v) is 22.0. The maximum atomic E-state index is 13.6. The molecule has 1 unspecified atom stereocenters. The van der Waals surface area contributed by atoms with E-state index in [1.807, 2.05) is 37.3 Å². The molecule has 0 aromatic heterocycles. The van der Waals surface area contributed by atoms with Gasteiger partial charge in [0.1, 0.15) is 12.4 Å². The number of carbonyl (C=O) groups is 1. The van der Waals surface area contributed by atoms with Crippen molar-refractivity contribution < 1.29 is 27.4 Å². The van der Waals surface area contributed by atoms with Gasteiger partial charge >= 0.3 is 0 Å². The lowest BCUT2D eigenvalue weighted by molar-refractivity contribution is -0.151. The number of fused-ring (bicyclic) bond motifs is 3. The number of halogens is 1. The lowest BCUT2D eigenvalue weighted by Crippen LogP contribution is -2.61. The smallest absolute Gasteiger partial charge is 0.264 e. The molecule has 5 aliphatic rings. The van der Waals surface area contributed by atoms with Crippen LogP contribution in [-0.4, -0.2) is 107 Å². The van der Waals surface area contributed by atoms with E-state index in [2.05, 4.69) is 26.3 Å². The molecule has 292 valence electrons. The molecule has 1 saturated carbocycles. The van der Waals surface area contributed by atoms with E-state index in [9.17, 15) is 13.2 Å². The van der Waals surface area contributed by atoms with Crippen LogP contribution in [0.5, 0.6) is 5.75 Å². The quantitative estimate of drug-likeness (QED) is 0.384. The zero-order valence-corrected chi connectivity index (χ0v) is 33.4. The number of nitrogens with zero attached hydrogens (tertiary/aromatic N) is 3. The van der Waals surface area contributed by atoms with Gasteiger partial charge in [-0.05, 0) is 118 Å². The number of ether oxygens (including phenoxy) is 3. The van der Waals surface area contributed by atoms with Crippen LogP contribution in [0.3, 0.4) is 0 Å². The number of aryl methyl sites for hydroxylation is 1. The summed E-state index contributed by atoms with van der Waals surface area (Å²) in [5.74, 6) is 0.732. The molecule has 3 fully saturated rings. The summed E-state index contributed by atoms with van der Waals surface area (Å²) >= 11 is 6.42. The lowest BCUT2D eigenvalue weighted by atomic mass is 9.62. The summed E-state index contributed by atoms with van der Waals surface area (Å²) < 4.78 is 48.8.